The van der Waals surface area contributed by atoms with Gasteiger partial charge in [0.1, 0.15) is 0 Å². The van der Waals surface area contributed by atoms with Crippen LogP contribution in [0.3, 0.4) is 0 Å². The molecule has 1 aliphatic heterocycles. The highest BCUT2D eigenvalue weighted by atomic mass is 16.5. The number of hydrogen-bond acceptors (Lipinski definition) is 5. The predicted octanol–water partition coefficient (Wildman–Crippen LogP) is 1.16. The van der Waals surface area contributed by atoms with E-state index in [1.165, 1.54) is 0 Å². The molecule has 1 heterocycles. The Morgan fingerprint density at radius 3 is 3.00 bits per heavy atom. The minimum atomic E-state index is -0.163. The van der Waals surface area contributed by atoms with E-state index in [4.69, 9.17) is 9.47 Å². The molecule has 0 radical (unpaired) electrons. The van der Waals surface area contributed by atoms with Gasteiger partial charge in [-0.1, -0.05) is 6.07 Å². The molecule has 2 rings (SSSR count). The molecule has 1 fully saturated rings. The van der Waals surface area contributed by atoms with Crippen LogP contribution in [-0.2, 0) is 14.3 Å². The molecule has 138 valence electrons. The fourth-order valence-electron chi connectivity index (χ4n) is 2.60. The molecular formula is C18H27N3O4. The van der Waals surface area contributed by atoms with E-state index >= 15 is 0 Å². The Morgan fingerprint density at radius 1 is 1.36 bits per heavy atom. The molecule has 1 atom stereocenters. The predicted molar refractivity (Wildman–Crippen MR) is 95.7 cm³/mol. The van der Waals surface area contributed by atoms with Crippen molar-refractivity contribution in [2.75, 3.05) is 45.3 Å². The van der Waals surface area contributed by atoms with Gasteiger partial charge in [0.15, 0.2) is 0 Å². The van der Waals surface area contributed by atoms with Crippen LogP contribution in [0.2, 0.25) is 0 Å². The monoisotopic (exact) mass is 349 g/mol. The maximum absolute atomic E-state index is 12.2. The van der Waals surface area contributed by atoms with Gasteiger partial charge in [-0.25, -0.2) is 0 Å². The number of ether oxygens (including phenoxy) is 2. The molecule has 7 heteroatoms. The summed E-state index contributed by atoms with van der Waals surface area (Å²) >= 11 is 0. The quantitative estimate of drug-likeness (QED) is 0.552. The zero-order chi connectivity index (χ0) is 17.9. The van der Waals surface area contributed by atoms with Gasteiger partial charge in [-0.2, -0.15) is 0 Å². The number of nitrogens with one attached hydrogen (secondary N) is 3. The van der Waals surface area contributed by atoms with Crippen molar-refractivity contribution in [1.82, 2.24) is 10.6 Å². The lowest BCUT2D eigenvalue weighted by Gasteiger charge is -2.12. The lowest BCUT2D eigenvalue weighted by molar-refractivity contribution is -0.115. The summed E-state index contributed by atoms with van der Waals surface area (Å²) in [5, 5.41) is 8.71. The Kier molecular flexibility index (Phi) is 8.38. The first-order chi connectivity index (χ1) is 12.2. The zero-order valence-electron chi connectivity index (χ0n) is 14.7. The summed E-state index contributed by atoms with van der Waals surface area (Å²) in [4.78, 5) is 24.1. The molecule has 0 aromatic heterocycles. The Labute approximate surface area is 148 Å². The first-order valence-corrected chi connectivity index (χ1v) is 8.68. The van der Waals surface area contributed by atoms with Crippen molar-refractivity contribution in [2.24, 2.45) is 0 Å². The molecule has 3 N–H and O–H groups in total. The van der Waals surface area contributed by atoms with Crippen LogP contribution in [0.4, 0.5) is 5.69 Å². The largest absolute Gasteiger partial charge is 0.385 e. The normalized spacial score (nSPS) is 16.6. The molecule has 1 aliphatic rings. The number of benzene rings is 1. The SMILES string of the molecule is COCCCNCC(=O)Nc1cccc(C(=O)NCC2CCCO2)c1. The van der Waals surface area contributed by atoms with Crippen LogP contribution in [0.1, 0.15) is 29.6 Å². The van der Waals surface area contributed by atoms with Crippen molar-refractivity contribution in [1.29, 1.82) is 0 Å². The van der Waals surface area contributed by atoms with Gasteiger partial charge in [0.2, 0.25) is 5.91 Å². The fraction of sp³-hybridized carbons (Fsp3) is 0.556. The van der Waals surface area contributed by atoms with Crippen LogP contribution in [0.15, 0.2) is 24.3 Å². The topological polar surface area (TPSA) is 88.7 Å². The number of anilines is 1. The van der Waals surface area contributed by atoms with Gasteiger partial charge in [-0.15, -0.1) is 0 Å². The molecule has 0 spiro atoms. The Hall–Kier alpha value is -1.96. The van der Waals surface area contributed by atoms with E-state index in [-0.39, 0.29) is 24.5 Å². The van der Waals surface area contributed by atoms with Crippen LogP contribution in [0.25, 0.3) is 0 Å². The molecule has 1 saturated heterocycles. The van der Waals surface area contributed by atoms with E-state index in [1.807, 2.05) is 0 Å². The zero-order valence-corrected chi connectivity index (χ0v) is 14.7. The maximum atomic E-state index is 12.2. The molecule has 2 amide bonds. The number of hydrogen-bond donors (Lipinski definition) is 3. The summed E-state index contributed by atoms with van der Waals surface area (Å²) in [5.41, 5.74) is 1.12. The lowest BCUT2D eigenvalue weighted by Crippen LogP contribution is -2.32. The molecule has 1 unspecified atom stereocenters. The standard InChI is InChI=1S/C18H27N3O4/c1-24-9-4-8-19-13-17(22)21-15-6-2-5-14(11-15)18(23)20-12-16-7-3-10-25-16/h2,5-6,11,16,19H,3-4,7-10,12-13H2,1H3,(H,20,23)(H,21,22). The third kappa shape index (κ3) is 7.21. The highest BCUT2D eigenvalue weighted by molar-refractivity contribution is 5.97. The summed E-state index contributed by atoms with van der Waals surface area (Å²) in [6.45, 7) is 2.88. The minimum absolute atomic E-state index is 0.107. The third-order valence-corrected chi connectivity index (χ3v) is 3.91. The van der Waals surface area contributed by atoms with Crippen LogP contribution < -0.4 is 16.0 Å². The Morgan fingerprint density at radius 2 is 2.24 bits per heavy atom. The van der Waals surface area contributed by atoms with Gasteiger partial charge in [-0.05, 0) is 44.0 Å². The number of carbonyl (C=O) groups is 2. The fourth-order valence-corrected chi connectivity index (χ4v) is 2.60. The van der Waals surface area contributed by atoms with Crippen molar-refractivity contribution < 1.29 is 19.1 Å². The maximum Gasteiger partial charge on any atom is 0.251 e. The van der Waals surface area contributed by atoms with E-state index in [0.717, 1.165) is 25.9 Å². The Balaban J connectivity index is 1.75. The van der Waals surface area contributed by atoms with E-state index < -0.39 is 0 Å². The van der Waals surface area contributed by atoms with Crippen molar-refractivity contribution in [3.05, 3.63) is 29.8 Å². The summed E-state index contributed by atoms with van der Waals surface area (Å²) < 4.78 is 10.4. The summed E-state index contributed by atoms with van der Waals surface area (Å²) in [7, 11) is 1.65. The second kappa shape index (κ2) is 10.8. The van der Waals surface area contributed by atoms with E-state index in [1.54, 1.807) is 31.4 Å². The van der Waals surface area contributed by atoms with Gasteiger partial charge in [-0.3, -0.25) is 9.59 Å². The average Bonchev–Trinajstić information content (AvgIpc) is 3.13. The summed E-state index contributed by atoms with van der Waals surface area (Å²) in [5.74, 6) is -0.307. The number of methoxy groups -OCH3 is 1. The van der Waals surface area contributed by atoms with Gasteiger partial charge < -0.3 is 25.4 Å². The molecule has 7 nitrogen and oxygen atoms in total. The third-order valence-electron chi connectivity index (χ3n) is 3.91. The molecular weight excluding hydrogens is 322 g/mol. The second-order valence-corrected chi connectivity index (χ2v) is 6.00. The summed E-state index contributed by atoms with van der Waals surface area (Å²) in [6.07, 6.45) is 2.98. The van der Waals surface area contributed by atoms with Crippen molar-refractivity contribution >= 4 is 17.5 Å². The van der Waals surface area contributed by atoms with Gasteiger partial charge in [0.25, 0.3) is 5.91 Å². The first-order valence-electron chi connectivity index (χ1n) is 8.68. The molecule has 0 saturated carbocycles. The molecule has 1 aromatic carbocycles. The molecule has 0 bridgehead atoms. The average molecular weight is 349 g/mol. The minimum Gasteiger partial charge on any atom is -0.385 e. The highest BCUT2D eigenvalue weighted by Crippen LogP contribution is 2.12. The van der Waals surface area contributed by atoms with Gasteiger partial charge in [0, 0.05) is 38.1 Å². The van der Waals surface area contributed by atoms with Crippen LogP contribution in [0.5, 0.6) is 0 Å². The van der Waals surface area contributed by atoms with Crippen LogP contribution >= 0.6 is 0 Å². The Bertz CT molecular complexity index is 559. The van der Waals surface area contributed by atoms with Crippen molar-refractivity contribution in [3.63, 3.8) is 0 Å². The number of carbonyl (C=O) groups excluding carboxylic acids is 2. The number of rotatable bonds is 10. The van der Waals surface area contributed by atoms with E-state index in [0.29, 0.717) is 30.9 Å². The van der Waals surface area contributed by atoms with Gasteiger partial charge in [0.05, 0.1) is 12.6 Å². The molecule has 1 aromatic rings. The first kappa shape index (κ1) is 19.4. The summed E-state index contributed by atoms with van der Waals surface area (Å²) in [6, 6.07) is 6.92. The van der Waals surface area contributed by atoms with Crippen LogP contribution in [0, 0.1) is 0 Å². The van der Waals surface area contributed by atoms with Gasteiger partial charge >= 0.3 is 0 Å². The lowest BCUT2D eigenvalue weighted by atomic mass is 10.1. The number of amides is 2. The second-order valence-electron chi connectivity index (χ2n) is 6.00. The van der Waals surface area contributed by atoms with E-state index in [2.05, 4.69) is 16.0 Å². The van der Waals surface area contributed by atoms with Crippen molar-refractivity contribution in [3.8, 4) is 0 Å². The molecule has 25 heavy (non-hydrogen) atoms. The van der Waals surface area contributed by atoms with E-state index in [9.17, 15) is 9.59 Å². The molecule has 0 aliphatic carbocycles. The van der Waals surface area contributed by atoms with Crippen LogP contribution in [-0.4, -0.2) is 57.9 Å². The smallest absolute Gasteiger partial charge is 0.251 e. The highest BCUT2D eigenvalue weighted by Gasteiger charge is 2.16. The van der Waals surface area contributed by atoms with Crippen molar-refractivity contribution in [2.45, 2.75) is 25.4 Å².